The van der Waals surface area contributed by atoms with Crippen molar-refractivity contribution in [2.24, 2.45) is 17.8 Å². The van der Waals surface area contributed by atoms with Crippen LogP contribution in [0.4, 0.5) is 0 Å². The van der Waals surface area contributed by atoms with Crippen LogP contribution in [-0.4, -0.2) is 34.8 Å². The summed E-state index contributed by atoms with van der Waals surface area (Å²) < 4.78 is 0. The molecule has 0 spiro atoms. The van der Waals surface area contributed by atoms with Gasteiger partial charge in [-0.2, -0.15) is 0 Å². The molecule has 5 heteroatoms. The summed E-state index contributed by atoms with van der Waals surface area (Å²) in [5.74, 6) is 2.59. The standard InChI is InChI=1S/C21H28N2O2S/c24-19(22-21-11-14-8-15(12-21)10-16(9-14)13-21)17-4-1-2-6-23(17)20(25)18-5-3-7-26-18/h3,5,7,14-17H,1-2,4,6,8-13H2,(H,22,24)/t14?,15?,16?,17-,21?/m1/s1. The van der Waals surface area contributed by atoms with Crippen molar-refractivity contribution in [3.63, 3.8) is 0 Å². The highest BCUT2D eigenvalue weighted by Gasteiger charge is 2.52. The van der Waals surface area contributed by atoms with Gasteiger partial charge in [-0.3, -0.25) is 9.59 Å². The summed E-state index contributed by atoms with van der Waals surface area (Å²) in [5, 5.41) is 5.43. The molecule has 140 valence electrons. The molecule has 1 N–H and O–H groups in total. The van der Waals surface area contributed by atoms with Crippen LogP contribution in [0.15, 0.2) is 17.5 Å². The van der Waals surface area contributed by atoms with Crippen LogP contribution in [-0.2, 0) is 4.79 Å². The normalized spacial score (nSPS) is 38.4. The Morgan fingerprint density at radius 1 is 1.08 bits per heavy atom. The van der Waals surface area contributed by atoms with E-state index in [9.17, 15) is 9.59 Å². The molecule has 2 heterocycles. The average molecular weight is 373 g/mol. The van der Waals surface area contributed by atoms with E-state index in [0.717, 1.165) is 61.2 Å². The molecular formula is C21H28N2O2S. The second-order valence-corrected chi connectivity index (χ2v) is 10.1. The molecule has 5 aliphatic rings. The Labute approximate surface area is 159 Å². The molecule has 1 atom stereocenters. The smallest absolute Gasteiger partial charge is 0.264 e. The predicted octanol–water partition coefficient (Wildman–Crippen LogP) is 3.83. The third kappa shape index (κ3) is 2.88. The second-order valence-electron chi connectivity index (χ2n) is 9.17. The minimum absolute atomic E-state index is 0.0287. The summed E-state index contributed by atoms with van der Waals surface area (Å²) in [6.45, 7) is 0.704. The van der Waals surface area contributed by atoms with Crippen LogP contribution in [0, 0.1) is 17.8 Å². The molecular weight excluding hydrogens is 344 g/mol. The van der Waals surface area contributed by atoms with Gasteiger partial charge in [0.1, 0.15) is 6.04 Å². The number of nitrogens with zero attached hydrogens (tertiary/aromatic N) is 1. The number of amides is 2. The van der Waals surface area contributed by atoms with Crippen LogP contribution in [0.5, 0.6) is 0 Å². The molecule has 0 radical (unpaired) electrons. The number of nitrogens with one attached hydrogen (secondary N) is 1. The number of thiophene rings is 1. The minimum atomic E-state index is -0.286. The Bertz CT molecular complexity index is 664. The maximum atomic E-state index is 13.3. The minimum Gasteiger partial charge on any atom is -0.349 e. The fraction of sp³-hybridized carbons (Fsp3) is 0.714. The Hall–Kier alpha value is -1.36. The van der Waals surface area contributed by atoms with Gasteiger partial charge in [-0.05, 0) is 87.0 Å². The zero-order chi connectivity index (χ0) is 17.7. The molecule has 0 aromatic carbocycles. The van der Waals surface area contributed by atoms with Gasteiger partial charge in [0.25, 0.3) is 5.91 Å². The van der Waals surface area contributed by atoms with E-state index in [4.69, 9.17) is 0 Å². The maximum absolute atomic E-state index is 13.3. The van der Waals surface area contributed by atoms with Crippen LogP contribution in [0.2, 0.25) is 0 Å². The SMILES string of the molecule is O=C(NC12CC3CC(CC(C3)C1)C2)[C@H]1CCCCN1C(=O)c1cccs1. The van der Waals surface area contributed by atoms with Crippen molar-refractivity contribution in [1.82, 2.24) is 10.2 Å². The van der Waals surface area contributed by atoms with Crippen molar-refractivity contribution in [3.8, 4) is 0 Å². The maximum Gasteiger partial charge on any atom is 0.264 e. The van der Waals surface area contributed by atoms with Crippen LogP contribution in [0.3, 0.4) is 0 Å². The lowest BCUT2D eigenvalue weighted by Gasteiger charge is -2.57. The fourth-order valence-corrected chi connectivity index (χ4v) is 7.28. The van der Waals surface area contributed by atoms with Crippen molar-refractivity contribution in [1.29, 1.82) is 0 Å². The van der Waals surface area contributed by atoms with E-state index in [0.29, 0.717) is 6.54 Å². The summed E-state index contributed by atoms with van der Waals surface area (Å²) in [7, 11) is 0. The summed E-state index contributed by atoms with van der Waals surface area (Å²) in [6, 6.07) is 3.49. The molecule has 4 bridgehead atoms. The monoisotopic (exact) mass is 372 g/mol. The van der Waals surface area contributed by atoms with Crippen molar-refractivity contribution >= 4 is 23.2 Å². The van der Waals surface area contributed by atoms with Gasteiger partial charge < -0.3 is 10.2 Å². The highest BCUT2D eigenvalue weighted by molar-refractivity contribution is 7.12. The third-order valence-corrected chi connectivity index (χ3v) is 8.08. The van der Waals surface area contributed by atoms with Gasteiger partial charge in [-0.15, -0.1) is 11.3 Å². The molecule has 6 rings (SSSR count). The summed E-state index contributed by atoms with van der Waals surface area (Å²) >= 11 is 1.47. The van der Waals surface area contributed by atoms with Gasteiger partial charge in [0, 0.05) is 12.1 Å². The molecule has 26 heavy (non-hydrogen) atoms. The summed E-state index contributed by atoms with van der Waals surface area (Å²) in [6.07, 6.45) is 10.5. The van der Waals surface area contributed by atoms with E-state index in [1.807, 2.05) is 22.4 Å². The van der Waals surface area contributed by atoms with Crippen LogP contribution < -0.4 is 5.32 Å². The zero-order valence-corrected chi connectivity index (χ0v) is 16.1. The number of piperidine rings is 1. The molecule has 0 unspecified atom stereocenters. The second kappa shape index (κ2) is 6.36. The average Bonchev–Trinajstić information content (AvgIpc) is 3.14. The molecule has 1 saturated heterocycles. The summed E-state index contributed by atoms with van der Waals surface area (Å²) in [5.41, 5.74) is 0.0287. The highest BCUT2D eigenvalue weighted by atomic mass is 32.1. The van der Waals surface area contributed by atoms with Gasteiger partial charge in [-0.25, -0.2) is 0 Å². The number of rotatable bonds is 3. The molecule has 2 amide bonds. The van der Waals surface area contributed by atoms with Crippen molar-refractivity contribution < 1.29 is 9.59 Å². The number of likely N-dealkylation sites (tertiary alicyclic amines) is 1. The lowest BCUT2D eigenvalue weighted by atomic mass is 9.53. The van der Waals surface area contributed by atoms with Gasteiger partial charge in [0.15, 0.2) is 0 Å². The zero-order valence-electron chi connectivity index (χ0n) is 15.3. The van der Waals surface area contributed by atoms with Crippen LogP contribution >= 0.6 is 11.3 Å². The largest absolute Gasteiger partial charge is 0.349 e. The first-order valence-corrected chi connectivity index (χ1v) is 11.2. The van der Waals surface area contributed by atoms with E-state index >= 15 is 0 Å². The van der Waals surface area contributed by atoms with E-state index in [2.05, 4.69) is 5.32 Å². The Morgan fingerprint density at radius 3 is 2.38 bits per heavy atom. The number of hydrogen-bond acceptors (Lipinski definition) is 3. The first-order chi connectivity index (χ1) is 12.6. The van der Waals surface area contributed by atoms with Crippen molar-refractivity contribution in [2.45, 2.75) is 69.4 Å². The molecule has 4 nitrogen and oxygen atoms in total. The lowest BCUT2D eigenvalue weighted by molar-refractivity contribution is -0.132. The van der Waals surface area contributed by atoms with Gasteiger partial charge >= 0.3 is 0 Å². The molecule has 5 fully saturated rings. The molecule has 1 aromatic heterocycles. The van der Waals surface area contributed by atoms with Gasteiger partial charge in [0.2, 0.25) is 5.91 Å². The fourth-order valence-electron chi connectivity index (χ4n) is 6.60. The third-order valence-electron chi connectivity index (χ3n) is 7.22. The van der Waals surface area contributed by atoms with E-state index in [1.165, 1.54) is 30.6 Å². The molecule has 4 saturated carbocycles. The summed E-state index contributed by atoms with van der Waals surface area (Å²) in [4.78, 5) is 28.7. The topological polar surface area (TPSA) is 49.4 Å². The highest BCUT2D eigenvalue weighted by Crippen LogP contribution is 2.55. The number of carbonyl (C=O) groups excluding carboxylic acids is 2. The Balaban J connectivity index is 1.33. The first-order valence-electron chi connectivity index (χ1n) is 10.3. The molecule has 1 aromatic rings. The van der Waals surface area contributed by atoms with Crippen molar-refractivity contribution in [3.05, 3.63) is 22.4 Å². The van der Waals surface area contributed by atoms with Crippen LogP contribution in [0.1, 0.15) is 67.5 Å². The molecule has 1 aliphatic heterocycles. The lowest BCUT2D eigenvalue weighted by Crippen LogP contribution is -2.63. The van der Waals surface area contributed by atoms with Gasteiger partial charge in [0.05, 0.1) is 4.88 Å². The number of hydrogen-bond donors (Lipinski definition) is 1. The molecule has 4 aliphatic carbocycles. The van der Waals surface area contributed by atoms with Crippen LogP contribution in [0.25, 0.3) is 0 Å². The quantitative estimate of drug-likeness (QED) is 0.877. The van der Waals surface area contributed by atoms with E-state index in [1.54, 1.807) is 0 Å². The van der Waals surface area contributed by atoms with Gasteiger partial charge in [-0.1, -0.05) is 6.07 Å². The first kappa shape index (κ1) is 16.8. The number of carbonyl (C=O) groups is 2. The predicted molar refractivity (Wildman–Crippen MR) is 102 cm³/mol. The van der Waals surface area contributed by atoms with E-state index in [-0.39, 0.29) is 23.4 Å². The Morgan fingerprint density at radius 2 is 1.77 bits per heavy atom. The van der Waals surface area contributed by atoms with Crippen molar-refractivity contribution in [2.75, 3.05) is 6.54 Å². The van der Waals surface area contributed by atoms with E-state index < -0.39 is 0 Å². The Kier molecular flexibility index (Phi) is 4.11.